The summed E-state index contributed by atoms with van der Waals surface area (Å²) in [6.07, 6.45) is 1.09. The molecule has 1 atom stereocenters. The Labute approximate surface area is 173 Å². The van der Waals surface area contributed by atoms with Crippen LogP contribution in [0.1, 0.15) is 43.4 Å². The second-order valence-corrected chi connectivity index (χ2v) is 8.06. The number of benzene rings is 2. The lowest BCUT2D eigenvalue weighted by Gasteiger charge is -2.26. The van der Waals surface area contributed by atoms with Gasteiger partial charge in [-0.2, -0.15) is 0 Å². The summed E-state index contributed by atoms with van der Waals surface area (Å²) in [6, 6.07) is 16.1. The van der Waals surface area contributed by atoms with Gasteiger partial charge in [0.05, 0.1) is 19.4 Å². The zero-order valence-corrected chi connectivity index (χ0v) is 17.7. The topological polar surface area (TPSA) is 51.1 Å². The summed E-state index contributed by atoms with van der Waals surface area (Å²) in [5.41, 5.74) is 4.27. The van der Waals surface area contributed by atoms with E-state index in [0.717, 1.165) is 22.6 Å². The fraction of sp³-hybridized carbons (Fsp3) is 0.417. The Morgan fingerprint density at radius 2 is 2.00 bits per heavy atom. The summed E-state index contributed by atoms with van der Waals surface area (Å²) in [5.74, 6) is 1.23. The third kappa shape index (κ3) is 5.83. The number of methoxy groups -OCH3 is 1. The van der Waals surface area contributed by atoms with Crippen molar-refractivity contribution < 1.29 is 14.4 Å². The molecule has 1 amide bonds. The highest BCUT2D eigenvalue weighted by Gasteiger charge is 2.27. The van der Waals surface area contributed by atoms with E-state index in [1.54, 1.807) is 7.11 Å². The molecule has 1 aliphatic rings. The van der Waals surface area contributed by atoms with Crippen LogP contribution in [0.15, 0.2) is 53.7 Å². The van der Waals surface area contributed by atoms with Gasteiger partial charge in [0.2, 0.25) is 5.91 Å². The minimum atomic E-state index is -0.131. The average Bonchev–Trinajstić information content (AvgIpc) is 3.16. The highest BCUT2D eigenvalue weighted by atomic mass is 16.6. The van der Waals surface area contributed by atoms with E-state index in [2.05, 4.69) is 50.2 Å². The summed E-state index contributed by atoms with van der Waals surface area (Å²) in [4.78, 5) is 20.5. The van der Waals surface area contributed by atoms with Gasteiger partial charge < -0.3 is 14.5 Å². The summed E-state index contributed by atoms with van der Waals surface area (Å²) < 4.78 is 5.32. The molecule has 0 saturated heterocycles. The Morgan fingerprint density at radius 3 is 2.69 bits per heavy atom. The van der Waals surface area contributed by atoms with E-state index in [9.17, 15) is 4.79 Å². The molecule has 0 fully saturated rings. The zero-order valence-electron chi connectivity index (χ0n) is 17.7. The van der Waals surface area contributed by atoms with E-state index in [1.165, 1.54) is 5.56 Å². The first-order chi connectivity index (χ1) is 13.9. The molecule has 0 aliphatic carbocycles. The van der Waals surface area contributed by atoms with Gasteiger partial charge in [0.15, 0.2) is 6.10 Å². The van der Waals surface area contributed by atoms with Gasteiger partial charge in [-0.3, -0.25) is 4.79 Å². The molecule has 29 heavy (non-hydrogen) atoms. The molecular formula is C24H30N2O3. The van der Waals surface area contributed by atoms with Gasteiger partial charge in [0.25, 0.3) is 0 Å². The lowest BCUT2D eigenvalue weighted by molar-refractivity contribution is -0.134. The van der Waals surface area contributed by atoms with Gasteiger partial charge in [0.1, 0.15) is 5.75 Å². The van der Waals surface area contributed by atoms with Gasteiger partial charge in [-0.05, 0) is 36.1 Å². The van der Waals surface area contributed by atoms with Crippen molar-refractivity contribution in [3.8, 4) is 5.75 Å². The zero-order chi connectivity index (χ0) is 20.8. The third-order valence-electron chi connectivity index (χ3n) is 4.98. The summed E-state index contributed by atoms with van der Waals surface area (Å²) in [7, 11) is 1.65. The molecule has 0 unspecified atom stereocenters. The molecule has 5 heteroatoms. The number of hydrogen-bond donors (Lipinski definition) is 0. The minimum absolute atomic E-state index is 0.131. The van der Waals surface area contributed by atoms with Crippen LogP contribution in [0.2, 0.25) is 0 Å². The molecule has 3 rings (SSSR count). The van der Waals surface area contributed by atoms with Crippen LogP contribution in [0.25, 0.3) is 0 Å². The van der Waals surface area contributed by atoms with Gasteiger partial charge >= 0.3 is 0 Å². The van der Waals surface area contributed by atoms with Crippen molar-refractivity contribution in [2.24, 2.45) is 11.1 Å². The minimum Gasteiger partial charge on any atom is -0.497 e. The maximum absolute atomic E-state index is 12.9. The Kier molecular flexibility index (Phi) is 6.91. The molecule has 154 valence electrons. The number of carbonyl (C=O) groups excluding carboxylic acids is 1. The first kappa shape index (κ1) is 20.9. The normalized spacial score (nSPS) is 15.8. The molecule has 0 N–H and O–H groups in total. The Balaban J connectivity index is 1.68. The Bertz CT molecular complexity index is 859. The van der Waals surface area contributed by atoms with Crippen LogP contribution < -0.4 is 4.74 Å². The second-order valence-electron chi connectivity index (χ2n) is 8.06. The van der Waals surface area contributed by atoms with Crippen molar-refractivity contribution in [3.63, 3.8) is 0 Å². The van der Waals surface area contributed by atoms with Gasteiger partial charge in [-0.15, -0.1) is 0 Å². The van der Waals surface area contributed by atoms with E-state index in [4.69, 9.17) is 9.57 Å². The molecule has 1 aliphatic heterocycles. The third-order valence-corrected chi connectivity index (χ3v) is 4.98. The molecule has 2 aromatic rings. The first-order valence-corrected chi connectivity index (χ1v) is 10.1. The molecule has 0 spiro atoms. The van der Waals surface area contributed by atoms with Crippen molar-refractivity contribution >= 4 is 11.6 Å². The maximum atomic E-state index is 12.9. The van der Waals surface area contributed by atoms with Crippen LogP contribution in [-0.2, 0) is 16.2 Å². The van der Waals surface area contributed by atoms with E-state index in [1.807, 2.05) is 29.2 Å². The quantitative estimate of drug-likeness (QED) is 0.659. The predicted molar refractivity (Wildman–Crippen MR) is 115 cm³/mol. The van der Waals surface area contributed by atoms with Crippen LogP contribution in [-0.4, -0.2) is 36.3 Å². The van der Waals surface area contributed by atoms with E-state index >= 15 is 0 Å². The molecule has 2 aromatic carbocycles. The number of hydrogen-bond acceptors (Lipinski definition) is 4. The Morgan fingerprint density at radius 1 is 1.24 bits per heavy atom. The first-order valence-electron chi connectivity index (χ1n) is 10.1. The largest absolute Gasteiger partial charge is 0.497 e. The predicted octanol–water partition coefficient (Wildman–Crippen LogP) is 4.57. The molecule has 0 radical (unpaired) electrons. The van der Waals surface area contributed by atoms with Crippen molar-refractivity contribution in [2.75, 3.05) is 13.7 Å². The Hall–Kier alpha value is -2.82. The van der Waals surface area contributed by atoms with E-state index < -0.39 is 0 Å². The van der Waals surface area contributed by atoms with Crippen molar-refractivity contribution in [1.29, 1.82) is 0 Å². The molecule has 1 heterocycles. The fourth-order valence-electron chi connectivity index (χ4n) is 3.41. The summed E-state index contributed by atoms with van der Waals surface area (Å²) in [5, 5.41) is 4.28. The molecule has 5 nitrogen and oxygen atoms in total. The van der Waals surface area contributed by atoms with Crippen molar-refractivity contribution in [2.45, 2.75) is 46.3 Å². The molecule has 0 saturated carbocycles. The van der Waals surface area contributed by atoms with E-state index in [0.29, 0.717) is 31.8 Å². The summed E-state index contributed by atoms with van der Waals surface area (Å²) >= 11 is 0. The van der Waals surface area contributed by atoms with Crippen molar-refractivity contribution in [3.05, 3.63) is 65.2 Å². The smallest absolute Gasteiger partial charge is 0.223 e. The van der Waals surface area contributed by atoms with Crippen LogP contribution in [0.5, 0.6) is 5.75 Å². The molecular weight excluding hydrogens is 364 g/mol. The molecule has 0 aromatic heterocycles. The van der Waals surface area contributed by atoms with Gasteiger partial charge in [-0.1, -0.05) is 61.0 Å². The number of ether oxygens (including phenoxy) is 1. The highest BCUT2D eigenvalue weighted by Crippen LogP contribution is 2.21. The van der Waals surface area contributed by atoms with Crippen LogP contribution in [0.3, 0.4) is 0 Å². The number of nitrogens with zero attached hydrogens (tertiary/aromatic N) is 2. The van der Waals surface area contributed by atoms with Crippen LogP contribution >= 0.6 is 0 Å². The fourth-order valence-corrected chi connectivity index (χ4v) is 3.41. The molecule has 0 bridgehead atoms. The van der Waals surface area contributed by atoms with Gasteiger partial charge in [0, 0.05) is 19.4 Å². The number of oxime groups is 1. The van der Waals surface area contributed by atoms with Crippen LogP contribution in [0, 0.1) is 12.8 Å². The number of rotatable bonds is 8. The average molecular weight is 395 g/mol. The second kappa shape index (κ2) is 9.59. The highest BCUT2D eigenvalue weighted by molar-refractivity contribution is 6.01. The van der Waals surface area contributed by atoms with Crippen LogP contribution in [0.4, 0.5) is 0 Å². The number of carbonyl (C=O) groups is 1. The van der Waals surface area contributed by atoms with Crippen molar-refractivity contribution in [1.82, 2.24) is 4.90 Å². The van der Waals surface area contributed by atoms with Gasteiger partial charge in [-0.25, -0.2) is 0 Å². The summed E-state index contributed by atoms with van der Waals surface area (Å²) in [6.45, 7) is 7.24. The van der Waals surface area contributed by atoms with E-state index in [-0.39, 0.29) is 12.0 Å². The SMILES string of the molecule is COc1cccc(CN(C[C@@H]2CC(c3ccc(C)cc3)=NO2)C(=O)CC(C)C)c1. The number of aryl methyl sites for hydroxylation is 1. The lowest BCUT2D eigenvalue weighted by atomic mass is 10.0. The maximum Gasteiger partial charge on any atom is 0.223 e. The monoisotopic (exact) mass is 394 g/mol. The number of amides is 1. The standard InChI is InChI=1S/C24H30N2O3/c1-17(2)12-24(27)26(15-19-6-5-7-21(13-19)28-4)16-22-14-23(25-29-22)20-10-8-18(3)9-11-20/h5-11,13,17,22H,12,14-16H2,1-4H3/t22-/m0/s1. The lowest BCUT2D eigenvalue weighted by Crippen LogP contribution is -2.37.